The Hall–Kier alpha value is -2.76. The lowest BCUT2D eigenvalue weighted by molar-refractivity contribution is 0.0204. The zero-order chi connectivity index (χ0) is 16.2. The van der Waals surface area contributed by atoms with E-state index in [4.69, 9.17) is 9.47 Å². The van der Waals surface area contributed by atoms with Gasteiger partial charge >= 0.3 is 6.16 Å². The summed E-state index contributed by atoms with van der Waals surface area (Å²) >= 11 is 0. The number of hydrogen-bond acceptors (Lipinski definition) is 6. The maximum Gasteiger partial charge on any atom is 0.514 e. The van der Waals surface area contributed by atoms with Gasteiger partial charge in [-0.25, -0.2) is 14.8 Å². The summed E-state index contributed by atoms with van der Waals surface area (Å²) in [4.78, 5) is 32.0. The number of aromatic nitrogens is 2. The lowest BCUT2D eigenvalue weighted by Crippen LogP contribution is -2.27. The molecule has 0 amide bonds. The lowest BCUT2D eigenvalue weighted by atomic mass is 10.2. The summed E-state index contributed by atoms with van der Waals surface area (Å²) in [7, 11) is 0. The van der Waals surface area contributed by atoms with Gasteiger partial charge in [-0.3, -0.25) is 4.79 Å². The van der Waals surface area contributed by atoms with Crippen LogP contribution in [0.4, 0.5) is 4.79 Å². The second-order valence-electron chi connectivity index (χ2n) is 5.49. The molecule has 0 atom stereocenters. The van der Waals surface area contributed by atoms with E-state index in [1.165, 1.54) is 18.6 Å². The van der Waals surface area contributed by atoms with Gasteiger partial charge in [0.05, 0.1) is 11.3 Å². The first kappa shape index (κ1) is 15.6. The van der Waals surface area contributed by atoms with Crippen LogP contribution in [0, 0.1) is 0 Å². The first-order chi connectivity index (χ1) is 10.4. The molecule has 6 heteroatoms. The van der Waals surface area contributed by atoms with E-state index < -0.39 is 17.2 Å². The molecule has 0 aliphatic carbocycles. The van der Waals surface area contributed by atoms with Gasteiger partial charge in [-0.15, -0.1) is 0 Å². The standard InChI is InChI=1S/C16H16N2O4/c1-16(2,3)22-15(20)21-13-7-5-4-6-11(14(13)19)12-8-9-17-10-18-12/h4-10H,1-3H3. The van der Waals surface area contributed by atoms with Gasteiger partial charge in [-0.2, -0.15) is 0 Å². The number of carbonyl (C=O) groups excluding carboxylic acids is 1. The van der Waals surface area contributed by atoms with Crippen molar-refractivity contribution >= 4 is 6.16 Å². The molecule has 0 bridgehead atoms. The molecule has 0 unspecified atom stereocenters. The van der Waals surface area contributed by atoms with E-state index in [0.717, 1.165) is 0 Å². The second-order valence-corrected chi connectivity index (χ2v) is 5.49. The van der Waals surface area contributed by atoms with E-state index in [-0.39, 0.29) is 5.75 Å². The summed E-state index contributed by atoms with van der Waals surface area (Å²) in [6.45, 7) is 5.14. The number of hydrogen-bond donors (Lipinski definition) is 0. The van der Waals surface area contributed by atoms with Gasteiger partial charge < -0.3 is 9.47 Å². The van der Waals surface area contributed by atoms with Crippen LogP contribution in [0.15, 0.2) is 47.7 Å². The lowest BCUT2D eigenvalue weighted by Gasteiger charge is -2.18. The fraction of sp³-hybridized carbons (Fsp3) is 0.250. The molecule has 0 radical (unpaired) electrons. The van der Waals surface area contributed by atoms with E-state index in [1.54, 1.807) is 45.0 Å². The predicted octanol–water partition coefficient (Wildman–Crippen LogP) is 2.82. The summed E-state index contributed by atoms with van der Waals surface area (Å²) in [5.41, 5.74) is -0.391. The van der Waals surface area contributed by atoms with Crippen LogP contribution in [0.5, 0.6) is 5.75 Å². The fourth-order valence-corrected chi connectivity index (χ4v) is 1.67. The first-order valence-electron chi connectivity index (χ1n) is 6.67. The van der Waals surface area contributed by atoms with Crippen molar-refractivity contribution in [2.24, 2.45) is 0 Å². The molecule has 2 aromatic rings. The molecule has 0 aliphatic heterocycles. The van der Waals surface area contributed by atoms with Crippen molar-refractivity contribution < 1.29 is 14.3 Å². The Morgan fingerprint density at radius 3 is 2.50 bits per heavy atom. The highest BCUT2D eigenvalue weighted by Gasteiger charge is 2.19. The van der Waals surface area contributed by atoms with Gasteiger partial charge in [0.15, 0.2) is 5.75 Å². The molecule has 2 rings (SSSR count). The van der Waals surface area contributed by atoms with Gasteiger partial charge in [-0.1, -0.05) is 12.1 Å². The third-order valence-corrected chi connectivity index (χ3v) is 2.53. The quantitative estimate of drug-likeness (QED) is 0.794. The normalized spacial score (nSPS) is 10.9. The van der Waals surface area contributed by atoms with E-state index in [2.05, 4.69) is 9.97 Å². The third kappa shape index (κ3) is 4.12. The largest absolute Gasteiger partial charge is 0.514 e. The highest BCUT2D eigenvalue weighted by atomic mass is 16.7. The number of carbonyl (C=O) groups is 1. The summed E-state index contributed by atoms with van der Waals surface area (Å²) in [5.74, 6) is -0.118. The fourth-order valence-electron chi connectivity index (χ4n) is 1.67. The molecule has 0 aliphatic rings. The van der Waals surface area contributed by atoms with Crippen LogP contribution in [-0.4, -0.2) is 21.7 Å². The molecule has 0 spiro atoms. The Morgan fingerprint density at radius 2 is 1.86 bits per heavy atom. The summed E-state index contributed by atoms with van der Waals surface area (Å²) < 4.78 is 10.1. The van der Waals surface area contributed by atoms with Crippen LogP contribution in [-0.2, 0) is 4.74 Å². The Balaban J connectivity index is 2.37. The van der Waals surface area contributed by atoms with E-state index in [1.807, 2.05) is 0 Å². The van der Waals surface area contributed by atoms with Crippen molar-refractivity contribution in [2.75, 3.05) is 0 Å². The molecule has 0 fully saturated rings. The molecular formula is C16H16N2O4. The molecule has 1 heterocycles. The van der Waals surface area contributed by atoms with Crippen molar-refractivity contribution in [1.82, 2.24) is 9.97 Å². The summed E-state index contributed by atoms with van der Waals surface area (Å²) in [6, 6.07) is 7.89. The average molecular weight is 300 g/mol. The Bertz CT molecular complexity index is 724. The Labute approximate surface area is 127 Å². The summed E-state index contributed by atoms with van der Waals surface area (Å²) in [5, 5.41) is 0. The molecule has 0 saturated carbocycles. The smallest absolute Gasteiger partial charge is 0.428 e. The van der Waals surface area contributed by atoms with Crippen LogP contribution >= 0.6 is 0 Å². The second kappa shape index (κ2) is 6.34. The van der Waals surface area contributed by atoms with Crippen LogP contribution in [0.1, 0.15) is 20.8 Å². The van der Waals surface area contributed by atoms with E-state index in [9.17, 15) is 9.59 Å². The van der Waals surface area contributed by atoms with Crippen molar-refractivity contribution in [3.8, 4) is 17.0 Å². The number of rotatable bonds is 2. The zero-order valence-corrected chi connectivity index (χ0v) is 12.6. The van der Waals surface area contributed by atoms with Crippen LogP contribution < -0.4 is 10.2 Å². The minimum absolute atomic E-state index is 0.118. The molecular weight excluding hydrogens is 284 g/mol. The van der Waals surface area contributed by atoms with Crippen molar-refractivity contribution in [3.05, 3.63) is 53.1 Å². The van der Waals surface area contributed by atoms with Crippen molar-refractivity contribution in [2.45, 2.75) is 26.4 Å². The number of nitrogens with zero attached hydrogens (tertiary/aromatic N) is 2. The van der Waals surface area contributed by atoms with Gasteiger partial charge in [-0.05, 0) is 39.0 Å². The molecule has 1 aromatic heterocycles. The van der Waals surface area contributed by atoms with Gasteiger partial charge in [0.1, 0.15) is 11.9 Å². The Morgan fingerprint density at radius 1 is 1.14 bits per heavy atom. The minimum atomic E-state index is -0.926. The van der Waals surface area contributed by atoms with E-state index >= 15 is 0 Å². The maximum atomic E-state index is 12.5. The topological polar surface area (TPSA) is 78.4 Å². The maximum absolute atomic E-state index is 12.5. The van der Waals surface area contributed by atoms with Crippen molar-refractivity contribution in [3.63, 3.8) is 0 Å². The molecule has 0 saturated heterocycles. The molecule has 6 nitrogen and oxygen atoms in total. The van der Waals surface area contributed by atoms with E-state index in [0.29, 0.717) is 11.3 Å². The first-order valence-corrected chi connectivity index (χ1v) is 6.67. The average Bonchev–Trinajstić information content (AvgIpc) is 2.61. The highest BCUT2D eigenvalue weighted by Crippen LogP contribution is 2.15. The molecule has 22 heavy (non-hydrogen) atoms. The number of ether oxygens (including phenoxy) is 2. The van der Waals surface area contributed by atoms with Gasteiger partial charge in [0, 0.05) is 6.20 Å². The predicted molar refractivity (Wildman–Crippen MR) is 80.6 cm³/mol. The van der Waals surface area contributed by atoms with Gasteiger partial charge in [0.25, 0.3) is 0 Å². The molecule has 0 N–H and O–H groups in total. The van der Waals surface area contributed by atoms with Crippen molar-refractivity contribution in [1.29, 1.82) is 0 Å². The SMILES string of the molecule is CC(C)(C)OC(=O)Oc1ccccc(-c2ccncn2)c1=O. The zero-order valence-electron chi connectivity index (χ0n) is 12.6. The monoisotopic (exact) mass is 300 g/mol. The molecule has 1 aromatic carbocycles. The van der Waals surface area contributed by atoms with Crippen LogP contribution in [0.25, 0.3) is 11.3 Å². The van der Waals surface area contributed by atoms with Crippen LogP contribution in [0.3, 0.4) is 0 Å². The third-order valence-electron chi connectivity index (χ3n) is 2.53. The molecule has 114 valence electrons. The minimum Gasteiger partial charge on any atom is -0.428 e. The van der Waals surface area contributed by atoms with Crippen LogP contribution in [0.2, 0.25) is 0 Å². The van der Waals surface area contributed by atoms with Gasteiger partial charge in [0.2, 0.25) is 5.43 Å². The Kier molecular flexibility index (Phi) is 4.50. The summed E-state index contributed by atoms with van der Waals surface area (Å²) in [6.07, 6.45) is 1.95. The highest BCUT2D eigenvalue weighted by molar-refractivity contribution is 5.66.